The quantitative estimate of drug-likeness (QED) is 0.440. The lowest BCUT2D eigenvalue weighted by molar-refractivity contribution is 0.0556. The van der Waals surface area contributed by atoms with Gasteiger partial charge in [-0.05, 0) is 38.0 Å². The third kappa shape index (κ3) is 4.49. The van der Waals surface area contributed by atoms with Crippen LogP contribution in [0.2, 0.25) is 0 Å². The standard InChI is InChI=1S/C30H27F3N4O4/c1-34-30-9-5-8-19(12-30)37-24(30)15-36-14-21(28(39)35-13-20-22(32)10-18(31)11-23(20)33)26(38)27(25(36)29(37)40)41-16-17-6-3-2-4-7-17/h2-4,6-7,10-11,14,19,24H,1,5,8-9,12-13,15-16H2,(H,35,39)/t19-,24+,30?/m0/s1. The Balaban J connectivity index is 1.39. The lowest BCUT2D eigenvalue weighted by Crippen LogP contribution is -2.53. The van der Waals surface area contributed by atoms with E-state index in [0.717, 1.165) is 24.8 Å². The first-order valence-electron chi connectivity index (χ1n) is 13.4. The first-order valence-corrected chi connectivity index (χ1v) is 13.4. The van der Waals surface area contributed by atoms with Gasteiger partial charge in [0.15, 0.2) is 11.4 Å². The number of amides is 2. The molecule has 3 aromatic rings. The van der Waals surface area contributed by atoms with Crippen LogP contribution in [0.1, 0.15) is 57.7 Å². The zero-order chi connectivity index (χ0) is 28.9. The number of hydrogen-bond donors (Lipinski definition) is 1. The summed E-state index contributed by atoms with van der Waals surface area (Å²) in [7, 11) is 0. The molecule has 2 bridgehead atoms. The summed E-state index contributed by atoms with van der Waals surface area (Å²) in [6, 6.07) is 9.70. The number of aliphatic imine (C=N–C) groups is 1. The molecule has 2 aliphatic heterocycles. The van der Waals surface area contributed by atoms with Crippen molar-refractivity contribution in [3.63, 3.8) is 0 Å². The summed E-state index contributed by atoms with van der Waals surface area (Å²) < 4.78 is 49.1. The minimum atomic E-state index is -1.17. The van der Waals surface area contributed by atoms with Crippen molar-refractivity contribution in [1.29, 1.82) is 0 Å². The SMILES string of the molecule is C=NC12CCC[C@@H](C1)N1C(=O)c3c(OCc4ccccc4)c(=O)c(C(=O)NCc4c(F)cc(F)cc4F)cn3C[C@@H]12. The molecule has 1 aliphatic carbocycles. The third-order valence-electron chi connectivity index (χ3n) is 8.45. The van der Waals surface area contributed by atoms with Crippen molar-refractivity contribution in [2.24, 2.45) is 4.99 Å². The van der Waals surface area contributed by atoms with Gasteiger partial charge in [0.05, 0.1) is 11.6 Å². The Labute approximate surface area is 233 Å². The topological polar surface area (TPSA) is 93.0 Å². The second kappa shape index (κ2) is 10.2. The summed E-state index contributed by atoms with van der Waals surface area (Å²) in [6.07, 6.45) is 4.44. The Morgan fingerprint density at radius 3 is 2.59 bits per heavy atom. The van der Waals surface area contributed by atoms with Crippen molar-refractivity contribution in [1.82, 2.24) is 14.8 Å². The average molecular weight is 565 g/mol. The summed E-state index contributed by atoms with van der Waals surface area (Å²) in [4.78, 5) is 47.2. The highest BCUT2D eigenvalue weighted by Crippen LogP contribution is 2.49. The molecule has 1 saturated heterocycles. The molecule has 2 fully saturated rings. The summed E-state index contributed by atoms with van der Waals surface area (Å²) >= 11 is 0. The normalized spacial score (nSPS) is 22.6. The van der Waals surface area contributed by atoms with Crippen LogP contribution in [0, 0.1) is 17.5 Å². The Hall–Kier alpha value is -4.41. The highest BCUT2D eigenvalue weighted by molar-refractivity contribution is 5.99. The van der Waals surface area contributed by atoms with Gasteiger partial charge in [-0.3, -0.25) is 19.4 Å². The van der Waals surface area contributed by atoms with Crippen molar-refractivity contribution < 1.29 is 27.5 Å². The molecular weight excluding hydrogens is 537 g/mol. The number of benzene rings is 2. The van der Waals surface area contributed by atoms with Crippen LogP contribution in [-0.4, -0.2) is 45.6 Å². The molecule has 8 nitrogen and oxygen atoms in total. The van der Waals surface area contributed by atoms with Crippen molar-refractivity contribution >= 4 is 18.5 Å². The highest BCUT2D eigenvalue weighted by Gasteiger charge is 2.58. The molecular formula is C30H27F3N4O4. The second-order valence-corrected chi connectivity index (χ2v) is 10.7. The number of pyridine rings is 1. The predicted octanol–water partition coefficient (Wildman–Crippen LogP) is 3.99. The molecule has 212 valence electrons. The third-order valence-corrected chi connectivity index (χ3v) is 8.45. The van der Waals surface area contributed by atoms with E-state index in [1.54, 1.807) is 33.7 Å². The molecule has 2 aromatic carbocycles. The van der Waals surface area contributed by atoms with Gasteiger partial charge in [0, 0.05) is 43.0 Å². The van der Waals surface area contributed by atoms with Gasteiger partial charge in [-0.2, -0.15) is 0 Å². The fraction of sp³-hybridized carbons (Fsp3) is 0.333. The van der Waals surface area contributed by atoms with E-state index in [0.29, 0.717) is 18.6 Å². The number of nitrogens with zero attached hydrogens (tertiary/aromatic N) is 3. The van der Waals surface area contributed by atoms with Crippen LogP contribution in [0.15, 0.2) is 58.4 Å². The van der Waals surface area contributed by atoms with Gasteiger partial charge in [-0.1, -0.05) is 30.3 Å². The fourth-order valence-electron chi connectivity index (χ4n) is 6.47. The molecule has 3 atom stereocenters. The van der Waals surface area contributed by atoms with E-state index in [1.165, 1.54) is 6.20 Å². The van der Waals surface area contributed by atoms with Gasteiger partial charge in [0.2, 0.25) is 5.43 Å². The smallest absolute Gasteiger partial charge is 0.275 e. The molecule has 2 amide bonds. The van der Waals surface area contributed by atoms with Gasteiger partial charge in [-0.15, -0.1) is 0 Å². The number of ether oxygens (including phenoxy) is 1. The molecule has 1 aromatic heterocycles. The van der Waals surface area contributed by atoms with E-state index in [-0.39, 0.29) is 48.1 Å². The highest BCUT2D eigenvalue weighted by atomic mass is 19.1. The van der Waals surface area contributed by atoms with Crippen molar-refractivity contribution in [3.8, 4) is 5.75 Å². The number of carbonyl (C=O) groups is 2. The largest absolute Gasteiger partial charge is 0.483 e. The molecule has 0 spiro atoms. The molecule has 3 aliphatic rings. The van der Waals surface area contributed by atoms with Gasteiger partial charge in [0.25, 0.3) is 11.8 Å². The van der Waals surface area contributed by atoms with Crippen LogP contribution in [0.5, 0.6) is 5.75 Å². The number of fused-ring (bicyclic) bond motifs is 6. The second-order valence-electron chi connectivity index (χ2n) is 10.7. The minimum Gasteiger partial charge on any atom is -0.483 e. The van der Waals surface area contributed by atoms with Crippen LogP contribution in [0.25, 0.3) is 0 Å². The van der Waals surface area contributed by atoms with E-state index >= 15 is 0 Å². The molecule has 1 unspecified atom stereocenters. The fourth-order valence-corrected chi connectivity index (χ4v) is 6.47. The van der Waals surface area contributed by atoms with Crippen LogP contribution >= 0.6 is 0 Å². The number of rotatable bonds is 7. The summed E-state index contributed by atoms with van der Waals surface area (Å²) in [5, 5.41) is 2.34. The first-order chi connectivity index (χ1) is 19.7. The summed E-state index contributed by atoms with van der Waals surface area (Å²) in [5.74, 6) is -5.00. The maximum Gasteiger partial charge on any atom is 0.275 e. The molecule has 3 heterocycles. The van der Waals surface area contributed by atoms with Gasteiger partial charge >= 0.3 is 0 Å². The minimum absolute atomic E-state index is 0.0293. The number of carbonyl (C=O) groups excluding carboxylic acids is 2. The number of hydrogen-bond acceptors (Lipinski definition) is 5. The zero-order valence-corrected chi connectivity index (χ0v) is 22.0. The lowest BCUT2D eigenvalue weighted by Gasteiger charge is -2.39. The Kier molecular flexibility index (Phi) is 6.67. The molecule has 0 radical (unpaired) electrons. The predicted molar refractivity (Wildman–Crippen MR) is 143 cm³/mol. The summed E-state index contributed by atoms with van der Waals surface area (Å²) in [5.41, 5.74) is -1.47. The maximum atomic E-state index is 14.2. The van der Waals surface area contributed by atoms with Crippen molar-refractivity contribution in [3.05, 3.63) is 98.7 Å². The Morgan fingerprint density at radius 2 is 1.88 bits per heavy atom. The van der Waals surface area contributed by atoms with E-state index < -0.39 is 46.4 Å². The van der Waals surface area contributed by atoms with Crippen molar-refractivity contribution in [2.75, 3.05) is 0 Å². The molecule has 41 heavy (non-hydrogen) atoms. The van der Waals surface area contributed by atoms with E-state index in [9.17, 15) is 27.6 Å². The molecule has 1 N–H and O–H groups in total. The lowest BCUT2D eigenvalue weighted by atomic mass is 9.79. The number of aromatic nitrogens is 1. The van der Waals surface area contributed by atoms with Crippen LogP contribution in [-0.2, 0) is 19.7 Å². The number of halogens is 3. The maximum absolute atomic E-state index is 14.2. The van der Waals surface area contributed by atoms with Gasteiger partial charge in [-0.25, -0.2) is 13.2 Å². The summed E-state index contributed by atoms with van der Waals surface area (Å²) in [6.45, 7) is 3.43. The molecule has 11 heteroatoms. The van der Waals surface area contributed by atoms with Gasteiger partial charge < -0.3 is 19.5 Å². The van der Waals surface area contributed by atoms with E-state index in [1.807, 2.05) is 6.07 Å². The number of nitrogens with one attached hydrogen (secondary N) is 1. The monoisotopic (exact) mass is 564 g/mol. The van der Waals surface area contributed by atoms with Crippen LogP contribution < -0.4 is 15.5 Å². The Morgan fingerprint density at radius 1 is 1.15 bits per heavy atom. The van der Waals surface area contributed by atoms with Crippen molar-refractivity contribution in [2.45, 2.75) is 63.0 Å². The Bertz CT molecular complexity index is 1600. The van der Waals surface area contributed by atoms with E-state index in [2.05, 4.69) is 17.0 Å². The molecule has 6 rings (SSSR count). The van der Waals surface area contributed by atoms with Crippen LogP contribution in [0.4, 0.5) is 13.2 Å². The molecule has 1 saturated carbocycles. The average Bonchev–Trinajstić information content (AvgIpc) is 3.18. The first kappa shape index (κ1) is 26.8. The van der Waals surface area contributed by atoms with Gasteiger partial charge in [0.1, 0.15) is 29.6 Å². The van der Waals surface area contributed by atoms with E-state index in [4.69, 9.17) is 4.74 Å². The van der Waals surface area contributed by atoms with Crippen LogP contribution in [0.3, 0.4) is 0 Å². The zero-order valence-electron chi connectivity index (χ0n) is 22.0.